The molecule has 2 atom stereocenters. The number of aliphatic carboxylic acids is 1. The largest absolute Gasteiger partial charge is 0.481 e. The van der Waals surface area contributed by atoms with Crippen LogP contribution in [0, 0.1) is 12.8 Å². The Morgan fingerprint density at radius 1 is 1.24 bits per heavy atom. The molecule has 2 heterocycles. The molecule has 0 radical (unpaired) electrons. The van der Waals surface area contributed by atoms with Gasteiger partial charge in [-0.1, -0.05) is 37.3 Å². The van der Waals surface area contributed by atoms with Crippen LogP contribution in [0.3, 0.4) is 0 Å². The monoisotopic (exact) mass is 341 g/mol. The molecule has 1 aliphatic rings. The smallest absolute Gasteiger partial charge is 0.308 e. The van der Waals surface area contributed by atoms with Gasteiger partial charge in [0.2, 0.25) is 0 Å². The number of hydrogen-bond donors (Lipinski definition) is 1. The molecule has 3 rings (SSSR count). The minimum absolute atomic E-state index is 0.135. The van der Waals surface area contributed by atoms with E-state index in [0.29, 0.717) is 17.8 Å². The molecule has 0 saturated carbocycles. The molecular formula is C19H23N3O3. The molecule has 1 aromatic heterocycles. The number of aromatic nitrogens is 2. The van der Waals surface area contributed by atoms with Crippen LogP contribution < -0.4 is 0 Å². The summed E-state index contributed by atoms with van der Waals surface area (Å²) in [6.45, 7) is 5.28. The van der Waals surface area contributed by atoms with Crippen LogP contribution in [-0.2, 0) is 11.3 Å². The lowest BCUT2D eigenvalue weighted by Crippen LogP contribution is -2.30. The molecule has 6 heteroatoms. The number of carbonyl (C=O) groups excluding carboxylic acids is 1. The van der Waals surface area contributed by atoms with Crippen molar-refractivity contribution in [1.82, 2.24) is 14.7 Å². The number of carbonyl (C=O) groups is 2. The van der Waals surface area contributed by atoms with Crippen LogP contribution in [0.1, 0.15) is 40.9 Å². The maximum atomic E-state index is 12.9. The quantitative estimate of drug-likeness (QED) is 0.907. The lowest BCUT2D eigenvalue weighted by atomic mass is 9.89. The van der Waals surface area contributed by atoms with Crippen molar-refractivity contribution in [3.05, 3.63) is 53.3 Å². The minimum Gasteiger partial charge on any atom is -0.481 e. The number of amides is 1. The predicted molar refractivity (Wildman–Crippen MR) is 93.5 cm³/mol. The van der Waals surface area contributed by atoms with Gasteiger partial charge in [-0.2, -0.15) is 5.10 Å². The van der Waals surface area contributed by atoms with Gasteiger partial charge >= 0.3 is 5.97 Å². The van der Waals surface area contributed by atoms with Gasteiger partial charge in [0.25, 0.3) is 5.91 Å². The first-order chi connectivity index (χ1) is 12.0. The zero-order chi connectivity index (χ0) is 18.0. The molecular weight excluding hydrogens is 318 g/mol. The Hall–Kier alpha value is -2.63. The molecule has 1 fully saturated rings. The molecule has 0 aliphatic carbocycles. The third kappa shape index (κ3) is 3.43. The number of nitrogens with zero attached hydrogens (tertiary/aromatic N) is 3. The second-order valence-corrected chi connectivity index (χ2v) is 6.56. The third-order valence-corrected chi connectivity index (χ3v) is 4.78. The van der Waals surface area contributed by atoms with Gasteiger partial charge in [0.1, 0.15) is 0 Å². The van der Waals surface area contributed by atoms with E-state index < -0.39 is 11.9 Å². The number of benzene rings is 1. The number of aryl methyl sites for hydroxylation is 2. The summed E-state index contributed by atoms with van der Waals surface area (Å²) in [6, 6.07) is 9.57. The highest BCUT2D eigenvalue weighted by molar-refractivity contribution is 5.95. The number of carboxylic acid groups (broad SMARTS) is 1. The fourth-order valence-corrected chi connectivity index (χ4v) is 3.50. The first-order valence-electron chi connectivity index (χ1n) is 8.62. The summed E-state index contributed by atoms with van der Waals surface area (Å²) >= 11 is 0. The van der Waals surface area contributed by atoms with E-state index in [4.69, 9.17) is 0 Å². The number of carboxylic acids is 1. The van der Waals surface area contributed by atoms with Crippen LogP contribution in [0.15, 0.2) is 36.5 Å². The summed E-state index contributed by atoms with van der Waals surface area (Å²) in [4.78, 5) is 26.3. The Kier molecular flexibility index (Phi) is 4.88. The topological polar surface area (TPSA) is 75.4 Å². The van der Waals surface area contributed by atoms with Crippen molar-refractivity contribution in [1.29, 1.82) is 0 Å². The molecule has 1 amide bonds. The molecule has 132 valence electrons. The minimum atomic E-state index is -0.859. The van der Waals surface area contributed by atoms with Gasteiger partial charge in [-0.05, 0) is 18.9 Å². The van der Waals surface area contributed by atoms with E-state index in [-0.39, 0.29) is 18.4 Å². The van der Waals surface area contributed by atoms with E-state index in [9.17, 15) is 14.7 Å². The van der Waals surface area contributed by atoms with Crippen molar-refractivity contribution < 1.29 is 14.7 Å². The van der Waals surface area contributed by atoms with E-state index in [1.54, 1.807) is 15.8 Å². The lowest BCUT2D eigenvalue weighted by molar-refractivity contribution is -0.141. The molecule has 0 bridgehead atoms. The Morgan fingerprint density at radius 2 is 1.96 bits per heavy atom. The average molecular weight is 341 g/mol. The lowest BCUT2D eigenvalue weighted by Gasteiger charge is -2.16. The Balaban J connectivity index is 1.84. The summed E-state index contributed by atoms with van der Waals surface area (Å²) in [5.74, 6) is -1.77. The predicted octanol–water partition coefficient (Wildman–Crippen LogP) is 2.54. The molecule has 25 heavy (non-hydrogen) atoms. The van der Waals surface area contributed by atoms with Gasteiger partial charge in [-0.15, -0.1) is 0 Å². The van der Waals surface area contributed by atoms with Crippen molar-refractivity contribution in [2.75, 3.05) is 13.1 Å². The summed E-state index contributed by atoms with van der Waals surface area (Å²) in [5, 5.41) is 14.0. The van der Waals surface area contributed by atoms with Crippen LogP contribution in [-0.4, -0.2) is 44.8 Å². The molecule has 2 aromatic rings. The van der Waals surface area contributed by atoms with E-state index in [2.05, 4.69) is 12.0 Å². The molecule has 1 aromatic carbocycles. The van der Waals surface area contributed by atoms with Crippen molar-refractivity contribution in [3.8, 4) is 0 Å². The van der Waals surface area contributed by atoms with Crippen molar-refractivity contribution in [2.24, 2.45) is 5.92 Å². The second kappa shape index (κ2) is 7.09. The second-order valence-electron chi connectivity index (χ2n) is 6.56. The number of rotatable bonds is 5. The van der Waals surface area contributed by atoms with Gasteiger partial charge in [0.05, 0.1) is 17.2 Å². The van der Waals surface area contributed by atoms with Crippen LogP contribution in [0.25, 0.3) is 0 Å². The number of hydrogen-bond acceptors (Lipinski definition) is 3. The molecule has 1 N–H and O–H groups in total. The molecule has 6 nitrogen and oxygen atoms in total. The molecule has 0 spiro atoms. The molecule has 1 aliphatic heterocycles. The SMILES string of the molecule is CCCn1cc(C(=O)N2C[C@H](C(=O)O)[C@@H](c3ccccc3)C2)c(C)n1. The molecule has 1 saturated heterocycles. The highest BCUT2D eigenvalue weighted by atomic mass is 16.4. The third-order valence-electron chi connectivity index (χ3n) is 4.78. The zero-order valence-corrected chi connectivity index (χ0v) is 14.6. The summed E-state index contributed by atoms with van der Waals surface area (Å²) < 4.78 is 1.78. The maximum absolute atomic E-state index is 12.9. The Labute approximate surface area is 147 Å². The summed E-state index contributed by atoms with van der Waals surface area (Å²) in [7, 11) is 0. The summed E-state index contributed by atoms with van der Waals surface area (Å²) in [6.07, 6.45) is 2.71. The van der Waals surface area contributed by atoms with Gasteiger partial charge in [0, 0.05) is 31.7 Å². The fraction of sp³-hybridized carbons (Fsp3) is 0.421. The maximum Gasteiger partial charge on any atom is 0.308 e. The standard InChI is InChI=1S/C19H23N3O3/c1-3-9-22-12-15(13(2)20-22)18(23)21-10-16(17(11-21)19(24)25)14-7-5-4-6-8-14/h4-8,12,16-17H,3,9-11H2,1-2H3,(H,24,25)/t16-,17+/m1/s1. The highest BCUT2D eigenvalue weighted by Crippen LogP contribution is 2.33. The Morgan fingerprint density at radius 3 is 2.60 bits per heavy atom. The fourth-order valence-electron chi connectivity index (χ4n) is 3.50. The van der Waals surface area contributed by atoms with Gasteiger partial charge in [0.15, 0.2) is 0 Å². The van der Waals surface area contributed by atoms with Gasteiger partial charge in [-0.3, -0.25) is 14.3 Å². The average Bonchev–Trinajstić information content (AvgIpc) is 3.19. The van der Waals surface area contributed by atoms with Gasteiger partial charge < -0.3 is 10.0 Å². The highest BCUT2D eigenvalue weighted by Gasteiger charge is 2.41. The Bertz CT molecular complexity index is 769. The van der Waals surface area contributed by atoms with Crippen molar-refractivity contribution in [2.45, 2.75) is 32.7 Å². The normalized spacial score (nSPS) is 20.0. The van der Waals surface area contributed by atoms with Crippen LogP contribution in [0.5, 0.6) is 0 Å². The van der Waals surface area contributed by atoms with E-state index in [1.807, 2.05) is 37.3 Å². The number of likely N-dealkylation sites (tertiary alicyclic amines) is 1. The van der Waals surface area contributed by atoms with Crippen LogP contribution in [0.2, 0.25) is 0 Å². The van der Waals surface area contributed by atoms with Crippen molar-refractivity contribution in [3.63, 3.8) is 0 Å². The van der Waals surface area contributed by atoms with E-state index in [0.717, 1.165) is 18.5 Å². The van der Waals surface area contributed by atoms with E-state index >= 15 is 0 Å². The molecule has 0 unspecified atom stereocenters. The first kappa shape index (κ1) is 17.2. The zero-order valence-electron chi connectivity index (χ0n) is 14.6. The summed E-state index contributed by atoms with van der Waals surface area (Å²) in [5.41, 5.74) is 2.21. The van der Waals surface area contributed by atoms with Gasteiger partial charge in [-0.25, -0.2) is 0 Å². The first-order valence-corrected chi connectivity index (χ1v) is 8.62. The van der Waals surface area contributed by atoms with Crippen molar-refractivity contribution >= 4 is 11.9 Å². The van der Waals surface area contributed by atoms with E-state index in [1.165, 1.54) is 0 Å². The van der Waals surface area contributed by atoms with Crippen LogP contribution in [0.4, 0.5) is 0 Å². The van der Waals surface area contributed by atoms with Crippen LogP contribution >= 0.6 is 0 Å².